The number of ether oxygens (including phenoxy) is 1. The zero-order chi connectivity index (χ0) is 19.9. The highest BCUT2D eigenvalue weighted by atomic mass is 127. The number of carbonyl (C=O) groups is 1. The number of carbonyl (C=O) groups excluding carboxylic acids is 1. The van der Waals surface area contributed by atoms with Crippen LogP contribution in [0.15, 0.2) is 29.3 Å². The molecule has 1 aromatic carbocycles. The number of guanidine groups is 1. The first kappa shape index (κ1) is 24.3. The predicted molar refractivity (Wildman–Crippen MR) is 112 cm³/mol. The number of benzene rings is 1. The summed E-state index contributed by atoms with van der Waals surface area (Å²) in [6.07, 6.45) is -1.73. The van der Waals surface area contributed by atoms with Crippen LogP contribution in [0, 0.1) is 5.92 Å². The lowest BCUT2D eigenvalue weighted by atomic mass is 9.95. The molecule has 0 aliphatic carbocycles. The summed E-state index contributed by atoms with van der Waals surface area (Å²) in [4.78, 5) is 17.5. The first-order valence-corrected chi connectivity index (χ1v) is 8.85. The summed E-state index contributed by atoms with van der Waals surface area (Å²) in [7, 11) is 1.70. The van der Waals surface area contributed by atoms with Gasteiger partial charge in [-0.15, -0.1) is 37.1 Å². The van der Waals surface area contributed by atoms with Gasteiger partial charge in [0.25, 0.3) is 0 Å². The van der Waals surface area contributed by atoms with Crippen LogP contribution < -0.4 is 15.8 Å². The van der Waals surface area contributed by atoms with Crippen LogP contribution in [-0.2, 0) is 11.2 Å². The van der Waals surface area contributed by atoms with Gasteiger partial charge in [0.05, 0.1) is 0 Å². The highest BCUT2D eigenvalue weighted by Gasteiger charge is 2.31. The van der Waals surface area contributed by atoms with Crippen molar-refractivity contribution in [3.8, 4) is 5.75 Å². The van der Waals surface area contributed by atoms with E-state index in [0.717, 1.165) is 37.5 Å². The highest BCUT2D eigenvalue weighted by molar-refractivity contribution is 14.0. The molecule has 3 N–H and O–H groups in total. The molecule has 1 heterocycles. The molecule has 158 valence electrons. The van der Waals surface area contributed by atoms with Gasteiger partial charge in [-0.25, -0.2) is 0 Å². The van der Waals surface area contributed by atoms with E-state index >= 15 is 0 Å². The van der Waals surface area contributed by atoms with Crippen molar-refractivity contribution in [2.24, 2.45) is 16.6 Å². The Hall–Kier alpha value is -1.72. The molecule has 6 nitrogen and oxygen atoms in total. The van der Waals surface area contributed by atoms with E-state index in [1.54, 1.807) is 19.2 Å². The predicted octanol–water partition coefficient (Wildman–Crippen LogP) is 2.91. The Bertz CT molecular complexity index is 653. The number of amides is 1. The lowest BCUT2D eigenvalue weighted by Crippen LogP contribution is -2.47. The Morgan fingerprint density at radius 2 is 2.04 bits per heavy atom. The molecule has 1 aromatic rings. The van der Waals surface area contributed by atoms with E-state index < -0.39 is 6.36 Å². The van der Waals surface area contributed by atoms with Gasteiger partial charge >= 0.3 is 6.36 Å². The molecule has 1 aliphatic rings. The van der Waals surface area contributed by atoms with E-state index in [-0.39, 0.29) is 41.6 Å². The largest absolute Gasteiger partial charge is 0.573 e. The van der Waals surface area contributed by atoms with Gasteiger partial charge in [0, 0.05) is 33.1 Å². The van der Waals surface area contributed by atoms with Gasteiger partial charge in [0.2, 0.25) is 5.91 Å². The Balaban J connectivity index is 0.00000392. The Kier molecular flexibility index (Phi) is 9.83. The summed E-state index contributed by atoms with van der Waals surface area (Å²) in [5.41, 5.74) is 6.18. The van der Waals surface area contributed by atoms with Crippen molar-refractivity contribution in [1.82, 2.24) is 10.2 Å². The topological polar surface area (TPSA) is 80.0 Å². The third kappa shape index (κ3) is 8.53. The molecule has 2 rings (SSSR count). The molecule has 10 heteroatoms. The summed E-state index contributed by atoms with van der Waals surface area (Å²) < 4.78 is 40.4. The number of nitrogens with two attached hydrogens (primary N) is 1. The Labute approximate surface area is 179 Å². The third-order valence-corrected chi connectivity index (χ3v) is 4.37. The number of hydrogen-bond acceptors (Lipinski definition) is 3. The summed E-state index contributed by atoms with van der Waals surface area (Å²) in [6, 6.07) is 5.82. The fraction of sp³-hybridized carbons (Fsp3) is 0.556. The second kappa shape index (κ2) is 11.3. The average molecular weight is 514 g/mol. The minimum Gasteiger partial charge on any atom is -0.406 e. The van der Waals surface area contributed by atoms with Crippen molar-refractivity contribution in [1.29, 1.82) is 0 Å². The fourth-order valence-electron chi connectivity index (χ4n) is 3.22. The maximum Gasteiger partial charge on any atom is 0.573 e. The van der Waals surface area contributed by atoms with Crippen LogP contribution in [-0.4, -0.2) is 49.8 Å². The molecule has 1 saturated heterocycles. The van der Waals surface area contributed by atoms with Gasteiger partial charge in [-0.1, -0.05) is 12.1 Å². The van der Waals surface area contributed by atoms with Gasteiger partial charge in [0.15, 0.2) is 5.96 Å². The zero-order valence-corrected chi connectivity index (χ0v) is 18.0. The van der Waals surface area contributed by atoms with Crippen LogP contribution in [0.4, 0.5) is 13.2 Å². The molecular weight excluding hydrogens is 488 g/mol. The zero-order valence-electron chi connectivity index (χ0n) is 15.7. The van der Waals surface area contributed by atoms with Crippen molar-refractivity contribution >= 4 is 35.8 Å². The van der Waals surface area contributed by atoms with Crippen LogP contribution in [0.3, 0.4) is 0 Å². The van der Waals surface area contributed by atoms with Crippen molar-refractivity contribution in [3.05, 3.63) is 29.8 Å². The lowest BCUT2D eigenvalue weighted by Gasteiger charge is -2.34. The minimum atomic E-state index is -4.68. The average Bonchev–Trinajstić information content (AvgIpc) is 2.58. The number of likely N-dealkylation sites (tertiary alicyclic amines) is 1. The van der Waals surface area contributed by atoms with Crippen molar-refractivity contribution in [2.45, 2.75) is 32.0 Å². The van der Waals surface area contributed by atoms with Gasteiger partial charge in [-0.05, 0) is 42.9 Å². The number of nitrogens with one attached hydrogen (secondary N) is 1. The van der Waals surface area contributed by atoms with Gasteiger partial charge in [-0.3, -0.25) is 9.79 Å². The molecule has 0 radical (unpaired) electrons. The second-order valence-electron chi connectivity index (χ2n) is 6.54. The number of hydrogen-bond donors (Lipinski definition) is 2. The number of nitrogens with zero attached hydrogens (tertiary/aromatic N) is 2. The van der Waals surface area contributed by atoms with Crippen LogP contribution in [0.1, 0.15) is 24.8 Å². The van der Waals surface area contributed by atoms with Crippen LogP contribution in [0.25, 0.3) is 0 Å². The first-order chi connectivity index (χ1) is 12.8. The molecule has 1 amide bonds. The van der Waals surface area contributed by atoms with Crippen molar-refractivity contribution in [3.63, 3.8) is 0 Å². The van der Waals surface area contributed by atoms with E-state index in [1.165, 1.54) is 12.1 Å². The van der Waals surface area contributed by atoms with Crippen molar-refractivity contribution < 1.29 is 22.7 Å². The number of rotatable bonds is 6. The lowest BCUT2D eigenvalue weighted by molar-refractivity contribution is -0.274. The normalized spacial score (nSPS) is 17.6. The number of alkyl halides is 3. The van der Waals surface area contributed by atoms with Crippen LogP contribution in [0.2, 0.25) is 0 Å². The maximum atomic E-state index is 12.2. The maximum absolute atomic E-state index is 12.2. The Morgan fingerprint density at radius 3 is 2.61 bits per heavy atom. The van der Waals surface area contributed by atoms with E-state index in [0.29, 0.717) is 19.4 Å². The first-order valence-electron chi connectivity index (χ1n) is 8.85. The Morgan fingerprint density at radius 1 is 1.36 bits per heavy atom. The molecule has 0 saturated carbocycles. The monoisotopic (exact) mass is 514 g/mol. The fourth-order valence-corrected chi connectivity index (χ4v) is 3.22. The van der Waals surface area contributed by atoms with Crippen LogP contribution >= 0.6 is 24.0 Å². The molecule has 0 bridgehead atoms. The smallest absolute Gasteiger partial charge is 0.406 e. The molecular formula is C18H26F3IN4O2. The van der Waals surface area contributed by atoms with Crippen molar-refractivity contribution in [2.75, 3.05) is 26.7 Å². The van der Waals surface area contributed by atoms with Crippen LogP contribution in [0.5, 0.6) is 5.75 Å². The molecule has 1 fully saturated rings. The quantitative estimate of drug-likeness (QED) is 0.348. The number of piperidine rings is 1. The summed E-state index contributed by atoms with van der Waals surface area (Å²) in [5, 5.41) is 3.26. The van der Waals surface area contributed by atoms with E-state index in [1.807, 2.05) is 0 Å². The molecule has 1 aliphatic heterocycles. The molecule has 1 atom stereocenters. The number of primary amides is 1. The number of halogens is 4. The second-order valence-corrected chi connectivity index (χ2v) is 6.54. The van der Waals surface area contributed by atoms with E-state index in [4.69, 9.17) is 5.73 Å². The molecule has 1 unspecified atom stereocenters. The van der Waals surface area contributed by atoms with E-state index in [2.05, 4.69) is 19.9 Å². The summed E-state index contributed by atoms with van der Waals surface area (Å²) in [5.74, 6) is 0.462. The minimum absolute atomic E-state index is 0. The molecule has 0 spiro atoms. The molecule has 0 aromatic heterocycles. The van der Waals surface area contributed by atoms with Gasteiger partial charge in [0.1, 0.15) is 5.75 Å². The van der Waals surface area contributed by atoms with Gasteiger partial charge in [-0.2, -0.15) is 0 Å². The SMILES string of the molecule is CN=C(NCCc1ccc(OC(F)(F)F)cc1)N1CCCC(CC(N)=O)C1.I. The summed E-state index contributed by atoms with van der Waals surface area (Å²) >= 11 is 0. The highest BCUT2D eigenvalue weighted by Crippen LogP contribution is 2.23. The summed E-state index contributed by atoms with van der Waals surface area (Å²) in [6.45, 7) is 2.17. The molecule has 28 heavy (non-hydrogen) atoms. The van der Waals surface area contributed by atoms with E-state index in [9.17, 15) is 18.0 Å². The third-order valence-electron chi connectivity index (χ3n) is 4.37. The number of aliphatic imine (C=N–C) groups is 1. The van der Waals surface area contributed by atoms with Gasteiger partial charge < -0.3 is 20.7 Å². The standard InChI is InChI=1S/C18H25F3N4O2.HI/c1-23-17(25-10-2-3-14(12-25)11-16(22)26)24-9-8-13-4-6-15(7-5-13)27-18(19,20)21;/h4-7,14H,2-3,8-12H2,1H3,(H2,22,26)(H,23,24);1H.